The van der Waals surface area contributed by atoms with Crippen molar-refractivity contribution in [2.75, 3.05) is 0 Å². The Labute approximate surface area is 184 Å². The Kier molecular flexibility index (Phi) is 5.19. The molecule has 5 rings (SSSR count). The predicted octanol–water partition coefficient (Wildman–Crippen LogP) is 5.58. The van der Waals surface area contributed by atoms with Crippen LogP contribution in [0.1, 0.15) is 35.4 Å². The van der Waals surface area contributed by atoms with Gasteiger partial charge in [-0.3, -0.25) is 4.40 Å². The number of aromatic hydroxyl groups is 1. The van der Waals surface area contributed by atoms with Crippen LogP contribution in [0, 0.1) is 5.82 Å². The van der Waals surface area contributed by atoms with Crippen LogP contribution in [0.25, 0.3) is 16.9 Å². The van der Waals surface area contributed by atoms with Crippen LogP contribution >= 0.6 is 0 Å². The molecule has 0 bridgehead atoms. The van der Waals surface area contributed by atoms with Crippen LogP contribution in [0.15, 0.2) is 77.3 Å². The molecule has 1 N–H and O–H groups in total. The first kappa shape index (κ1) is 20.0. The number of nitrogens with zero attached hydrogens (tertiary/aromatic N) is 3. The molecule has 2 aromatic carbocycles. The number of rotatable bonds is 6. The summed E-state index contributed by atoms with van der Waals surface area (Å²) in [5, 5.41) is 11.0. The number of benzene rings is 2. The molecule has 6 heteroatoms. The van der Waals surface area contributed by atoms with Gasteiger partial charge in [0.15, 0.2) is 5.65 Å². The lowest BCUT2D eigenvalue weighted by molar-refractivity contribution is 0.435. The monoisotopic (exact) mass is 427 g/mol. The van der Waals surface area contributed by atoms with E-state index < -0.39 is 0 Å². The number of aryl methyl sites for hydroxylation is 1. The van der Waals surface area contributed by atoms with Crippen molar-refractivity contribution in [1.29, 1.82) is 0 Å². The number of hydrogen-bond donors (Lipinski definition) is 1. The lowest BCUT2D eigenvalue weighted by Crippen LogP contribution is -2.01. The molecule has 0 unspecified atom stereocenters. The van der Waals surface area contributed by atoms with E-state index in [1.807, 2.05) is 49.4 Å². The number of aromatic nitrogens is 3. The van der Waals surface area contributed by atoms with Gasteiger partial charge < -0.3 is 9.52 Å². The van der Waals surface area contributed by atoms with Crippen molar-refractivity contribution in [2.45, 2.75) is 26.2 Å². The largest absolute Gasteiger partial charge is 0.493 e. The minimum Gasteiger partial charge on any atom is -0.493 e. The van der Waals surface area contributed by atoms with Gasteiger partial charge in [0, 0.05) is 24.6 Å². The van der Waals surface area contributed by atoms with Crippen molar-refractivity contribution in [1.82, 2.24) is 14.4 Å². The molecule has 0 aliphatic carbocycles. The van der Waals surface area contributed by atoms with E-state index in [4.69, 9.17) is 14.4 Å². The van der Waals surface area contributed by atoms with Crippen molar-refractivity contribution in [3.05, 3.63) is 107 Å². The minimum atomic E-state index is -0.368. The highest BCUT2D eigenvalue weighted by molar-refractivity contribution is 5.63. The quantitative estimate of drug-likeness (QED) is 0.384. The van der Waals surface area contributed by atoms with E-state index in [-0.39, 0.29) is 11.7 Å². The highest BCUT2D eigenvalue weighted by Gasteiger charge is 2.19. The maximum absolute atomic E-state index is 14.5. The van der Waals surface area contributed by atoms with Gasteiger partial charge >= 0.3 is 0 Å². The second-order valence-corrected chi connectivity index (χ2v) is 7.69. The van der Waals surface area contributed by atoms with Crippen molar-refractivity contribution in [3.8, 4) is 17.1 Å². The number of halogens is 1. The third kappa shape index (κ3) is 3.75. The van der Waals surface area contributed by atoms with E-state index in [1.165, 1.54) is 6.07 Å². The lowest BCUT2D eigenvalue weighted by Gasteiger charge is -2.09. The number of fused-ring (bicyclic) bond motifs is 1. The molecular formula is C26H22FN3O2. The summed E-state index contributed by atoms with van der Waals surface area (Å²) in [6.45, 7) is 2.02. The van der Waals surface area contributed by atoms with E-state index in [0.717, 1.165) is 23.5 Å². The molecule has 0 spiro atoms. The van der Waals surface area contributed by atoms with Gasteiger partial charge in [0.1, 0.15) is 23.0 Å². The second-order valence-electron chi connectivity index (χ2n) is 7.69. The topological polar surface area (TPSA) is 63.6 Å². The first-order valence-corrected chi connectivity index (χ1v) is 10.6. The Morgan fingerprint density at radius 3 is 2.38 bits per heavy atom. The number of imidazole rings is 1. The van der Waals surface area contributed by atoms with E-state index in [1.54, 1.807) is 28.8 Å². The molecule has 0 aliphatic rings. The molecule has 0 saturated heterocycles. The smallest absolute Gasteiger partial charge is 0.219 e. The van der Waals surface area contributed by atoms with Gasteiger partial charge in [0.25, 0.3) is 0 Å². The van der Waals surface area contributed by atoms with Crippen LogP contribution in [0.5, 0.6) is 5.88 Å². The molecule has 0 radical (unpaired) electrons. The summed E-state index contributed by atoms with van der Waals surface area (Å²) >= 11 is 0. The number of furan rings is 1. The predicted molar refractivity (Wildman–Crippen MR) is 120 cm³/mol. The summed E-state index contributed by atoms with van der Waals surface area (Å²) in [6, 6.07) is 20.2. The Morgan fingerprint density at radius 2 is 1.62 bits per heavy atom. The van der Waals surface area contributed by atoms with Crippen molar-refractivity contribution in [3.63, 3.8) is 0 Å². The van der Waals surface area contributed by atoms with Gasteiger partial charge in [-0.25, -0.2) is 14.4 Å². The van der Waals surface area contributed by atoms with Gasteiger partial charge in [-0.05, 0) is 29.8 Å². The zero-order chi connectivity index (χ0) is 22.1. The Bertz CT molecular complexity index is 1390. The van der Waals surface area contributed by atoms with Gasteiger partial charge in [-0.1, -0.05) is 49.4 Å². The van der Waals surface area contributed by atoms with E-state index >= 15 is 0 Å². The molecule has 0 aliphatic heterocycles. The first-order chi connectivity index (χ1) is 15.6. The van der Waals surface area contributed by atoms with Crippen LogP contribution < -0.4 is 0 Å². The molecule has 0 saturated carbocycles. The molecule has 0 fully saturated rings. The van der Waals surface area contributed by atoms with E-state index in [9.17, 15) is 9.50 Å². The fourth-order valence-corrected chi connectivity index (χ4v) is 3.84. The van der Waals surface area contributed by atoms with Gasteiger partial charge in [-0.2, -0.15) is 0 Å². The summed E-state index contributed by atoms with van der Waals surface area (Å²) in [6.07, 6.45) is 3.29. The molecule has 3 aromatic heterocycles. The summed E-state index contributed by atoms with van der Waals surface area (Å²) in [5.74, 6) is 1.25. The van der Waals surface area contributed by atoms with E-state index in [2.05, 4.69) is 0 Å². The van der Waals surface area contributed by atoms with Crippen LogP contribution in [0.4, 0.5) is 4.39 Å². The van der Waals surface area contributed by atoms with Gasteiger partial charge in [-0.15, -0.1) is 0 Å². The first-order valence-electron chi connectivity index (χ1n) is 10.6. The third-order valence-corrected chi connectivity index (χ3v) is 5.49. The second kappa shape index (κ2) is 8.30. The number of hydrogen-bond acceptors (Lipinski definition) is 4. The van der Waals surface area contributed by atoms with E-state index in [0.29, 0.717) is 41.1 Å². The molecule has 160 valence electrons. The summed E-state index contributed by atoms with van der Waals surface area (Å²) in [4.78, 5) is 9.44. The highest BCUT2D eigenvalue weighted by Crippen LogP contribution is 2.29. The standard InChI is InChI=1S/C26H22FN3O2/c1-2-18-12-13-19(32-18)15-23-26(31)30-16-24(20-10-6-7-11-21(20)27)28-22(25(30)29-23)14-17-8-4-3-5-9-17/h3-13,16,31H,2,14-15H2,1H3. The SMILES string of the molecule is CCc1ccc(Cc2nc3c(Cc4ccccc4)nc(-c4ccccc4F)cn3c2O)o1. The van der Waals surface area contributed by atoms with Crippen molar-refractivity contribution < 1.29 is 13.9 Å². The molecule has 5 nitrogen and oxygen atoms in total. The summed E-state index contributed by atoms with van der Waals surface area (Å²) < 4.78 is 21.9. The molecule has 32 heavy (non-hydrogen) atoms. The van der Waals surface area contributed by atoms with Crippen molar-refractivity contribution in [2.24, 2.45) is 0 Å². The molecule has 0 atom stereocenters. The molecule has 0 amide bonds. The zero-order valence-electron chi connectivity index (χ0n) is 17.6. The van der Waals surface area contributed by atoms with Crippen molar-refractivity contribution >= 4 is 5.65 Å². The lowest BCUT2D eigenvalue weighted by atomic mass is 10.1. The van der Waals surface area contributed by atoms with Crippen LogP contribution in [-0.4, -0.2) is 19.5 Å². The van der Waals surface area contributed by atoms with Gasteiger partial charge in [0.05, 0.1) is 17.8 Å². The normalized spacial score (nSPS) is 11.3. The average Bonchev–Trinajstić information content (AvgIpc) is 3.40. The Hall–Kier alpha value is -3.93. The van der Waals surface area contributed by atoms with Gasteiger partial charge in [0.2, 0.25) is 5.88 Å². The molecule has 5 aromatic rings. The minimum absolute atomic E-state index is 0.00347. The summed E-state index contributed by atoms with van der Waals surface area (Å²) in [5.41, 5.74) is 3.55. The molecule has 3 heterocycles. The molecular weight excluding hydrogens is 405 g/mol. The third-order valence-electron chi connectivity index (χ3n) is 5.49. The van der Waals surface area contributed by atoms with Crippen LogP contribution in [0.3, 0.4) is 0 Å². The summed E-state index contributed by atoms with van der Waals surface area (Å²) in [7, 11) is 0. The van der Waals surface area contributed by atoms with Crippen LogP contribution in [-0.2, 0) is 19.3 Å². The fourth-order valence-electron chi connectivity index (χ4n) is 3.84. The average molecular weight is 427 g/mol. The maximum Gasteiger partial charge on any atom is 0.219 e. The highest BCUT2D eigenvalue weighted by atomic mass is 19.1. The Morgan fingerprint density at radius 1 is 0.875 bits per heavy atom. The van der Waals surface area contributed by atoms with Crippen LogP contribution in [0.2, 0.25) is 0 Å². The zero-order valence-corrected chi connectivity index (χ0v) is 17.6. The Balaban J connectivity index is 1.65. The maximum atomic E-state index is 14.5. The fraction of sp³-hybridized carbons (Fsp3) is 0.154.